The maximum atomic E-state index is 2.52. The number of nitrogens with zero attached hydrogens (tertiary/aromatic N) is 1. The van der Waals surface area contributed by atoms with E-state index in [4.69, 9.17) is 0 Å². The summed E-state index contributed by atoms with van der Waals surface area (Å²) in [4.78, 5) is 0. The van der Waals surface area contributed by atoms with Gasteiger partial charge >= 0.3 is 0 Å². The van der Waals surface area contributed by atoms with Crippen LogP contribution >= 0.6 is 0 Å². The lowest BCUT2D eigenvalue weighted by atomic mass is 9.89. The summed E-state index contributed by atoms with van der Waals surface area (Å²) in [6.45, 7) is 11.8. The first-order valence-electron chi connectivity index (χ1n) is 12.9. The van der Waals surface area contributed by atoms with E-state index in [1.54, 1.807) is 5.56 Å². The van der Waals surface area contributed by atoms with Crippen molar-refractivity contribution in [1.29, 1.82) is 0 Å². The summed E-state index contributed by atoms with van der Waals surface area (Å²) < 4.78 is 2.40. The van der Waals surface area contributed by atoms with Crippen LogP contribution in [-0.4, -0.2) is 8.07 Å². The van der Waals surface area contributed by atoms with Crippen LogP contribution in [0.1, 0.15) is 54.0 Å². The summed E-state index contributed by atoms with van der Waals surface area (Å²) in [7, 11) is 0.480. The molecule has 0 N–H and O–H groups in total. The number of hydrogen-bond acceptors (Lipinski definition) is 0. The van der Waals surface area contributed by atoms with Gasteiger partial charge in [0.05, 0.1) is 10.9 Å². The number of pyridine rings is 1. The van der Waals surface area contributed by atoms with E-state index in [1.807, 2.05) is 0 Å². The molecule has 0 aliphatic heterocycles. The molecule has 5 rings (SSSR count). The summed E-state index contributed by atoms with van der Waals surface area (Å²) in [5, 5.41) is 5.71. The van der Waals surface area contributed by atoms with E-state index >= 15 is 0 Å². The topological polar surface area (TPSA) is 3.88 Å². The van der Waals surface area contributed by atoms with Crippen LogP contribution in [0.4, 0.5) is 0 Å². The van der Waals surface area contributed by atoms with Crippen molar-refractivity contribution in [1.82, 2.24) is 0 Å². The summed E-state index contributed by atoms with van der Waals surface area (Å²) in [5.74, 6) is 0.726. The first-order chi connectivity index (χ1) is 16.3. The summed E-state index contributed by atoms with van der Waals surface area (Å²) in [5.41, 5.74) is 8.45. The van der Waals surface area contributed by atoms with Crippen molar-refractivity contribution in [3.8, 4) is 11.3 Å². The van der Waals surface area contributed by atoms with E-state index < -0.39 is 8.07 Å². The van der Waals surface area contributed by atoms with Crippen molar-refractivity contribution >= 4 is 29.2 Å². The maximum Gasteiger partial charge on any atom is 0.220 e. The van der Waals surface area contributed by atoms with Gasteiger partial charge in [0.25, 0.3) is 0 Å². The Kier molecular flexibility index (Phi) is 5.98. The van der Waals surface area contributed by atoms with E-state index in [9.17, 15) is 0 Å². The highest BCUT2D eigenvalue weighted by Crippen LogP contribution is 2.38. The Hall–Kier alpha value is -2.71. The molecule has 0 amide bonds. The number of hydrogen-bond donors (Lipinski definition) is 0. The molecular formula is C32H38NSi+. The molecule has 0 unspecified atom stereocenters. The number of rotatable bonds is 4. The Morgan fingerprint density at radius 1 is 0.794 bits per heavy atom. The first kappa shape index (κ1) is 23.0. The lowest BCUT2D eigenvalue weighted by molar-refractivity contribution is -0.665. The van der Waals surface area contributed by atoms with Gasteiger partial charge in [-0.05, 0) is 66.8 Å². The minimum absolute atomic E-state index is 0.726. The standard InChI is InChI=1S/C32H38NSi/c1-22-18-26(25-12-10-11-13-25)21-31(24(22)3)32-30-17-16-29(20-27(30)19-23(2)33(32)4)34(5,6)28-14-8-7-9-15-28/h7-9,14-21,25H,10-13H2,1-6H3/q+1. The molecular weight excluding hydrogens is 426 g/mol. The van der Waals surface area contributed by atoms with Crippen molar-refractivity contribution in [3.63, 3.8) is 0 Å². The molecule has 34 heavy (non-hydrogen) atoms. The van der Waals surface area contributed by atoms with Crippen molar-refractivity contribution in [3.05, 3.63) is 89.1 Å². The predicted octanol–water partition coefficient (Wildman–Crippen LogP) is 6.74. The zero-order valence-electron chi connectivity index (χ0n) is 21.7. The zero-order valence-corrected chi connectivity index (χ0v) is 22.7. The first-order valence-corrected chi connectivity index (χ1v) is 15.9. The molecule has 1 saturated carbocycles. The molecule has 4 aromatic rings. The highest BCUT2D eigenvalue weighted by molar-refractivity contribution is 7.00. The van der Waals surface area contributed by atoms with E-state index in [-0.39, 0.29) is 0 Å². The fraction of sp³-hybridized carbons (Fsp3) is 0.344. The van der Waals surface area contributed by atoms with Gasteiger partial charge in [0.15, 0.2) is 5.69 Å². The third-order valence-corrected chi connectivity index (χ3v) is 12.1. The number of benzene rings is 3. The zero-order chi connectivity index (χ0) is 24.0. The minimum atomic E-state index is -1.75. The normalized spacial score (nSPS) is 14.8. The second-order valence-electron chi connectivity index (χ2n) is 11.0. The van der Waals surface area contributed by atoms with Crippen LogP contribution in [0.15, 0.2) is 66.7 Å². The molecule has 1 fully saturated rings. The van der Waals surface area contributed by atoms with Crippen LogP contribution in [0.5, 0.6) is 0 Å². The average molecular weight is 465 g/mol. The van der Waals surface area contributed by atoms with E-state index in [2.05, 4.69) is 112 Å². The molecule has 2 heteroatoms. The second kappa shape index (κ2) is 8.81. The van der Waals surface area contributed by atoms with Crippen molar-refractivity contribution in [2.24, 2.45) is 7.05 Å². The monoisotopic (exact) mass is 464 g/mol. The van der Waals surface area contributed by atoms with Crippen LogP contribution in [0.3, 0.4) is 0 Å². The van der Waals surface area contributed by atoms with Gasteiger partial charge in [0.1, 0.15) is 15.1 Å². The molecule has 1 aliphatic carbocycles. The minimum Gasteiger partial charge on any atom is -0.198 e. The van der Waals surface area contributed by atoms with Crippen LogP contribution in [-0.2, 0) is 7.05 Å². The number of aromatic nitrogens is 1. The van der Waals surface area contributed by atoms with Crippen LogP contribution in [0, 0.1) is 20.8 Å². The van der Waals surface area contributed by atoms with Crippen molar-refractivity contribution in [2.45, 2.75) is 65.5 Å². The Labute approximate surface area is 206 Å². The summed E-state index contributed by atoms with van der Waals surface area (Å²) >= 11 is 0. The Bertz CT molecular complexity index is 1360. The van der Waals surface area contributed by atoms with Crippen LogP contribution in [0.2, 0.25) is 13.1 Å². The van der Waals surface area contributed by atoms with E-state index in [0.29, 0.717) is 0 Å². The SMILES string of the molecule is Cc1cc(C2CCCC2)cc(-c2c3ccc([Si](C)(C)c4ccccc4)cc3cc(C)[n+]2C)c1C. The van der Waals surface area contributed by atoms with E-state index in [0.717, 1.165) is 5.92 Å². The van der Waals surface area contributed by atoms with Gasteiger partial charge in [-0.25, -0.2) is 0 Å². The van der Waals surface area contributed by atoms with Gasteiger partial charge < -0.3 is 0 Å². The highest BCUT2D eigenvalue weighted by atomic mass is 28.3. The third kappa shape index (κ3) is 3.92. The molecule has 0 spiro atoms. The summed E-state index contributed by atoms with van der Waals surface area (Å²) in [6.07, 6.45) is 5.42. The Morgan fingerprint density at radius 2 is 1.50 bits per heavy atom. The molecule has 0 atom stereocenters. The fourth-order valence-electron chi connectivity index (χ4n) is 5.94. The molecule has 0 radical (unpaired) electrons. The number of fused-ring (bicyclic) bond motifs is 1. The van der Waals surface area contributed by atoms with Crippen molar-refractivity contribution in [2.75, 3.05) is 0 Å². The van der Waals surface area contributed by atoms with Crippen LogP contribution < -0.4 is 14.9 Å². The van der Waals surface area contributed by atoms with Gasteiger partial charge in [-0.1, -0.05) is 84.8 Å². The lowest BCUT2D eigenvalue weighted by Gasteiger charge is -2.24. The molecule has 0 bridgehead atoms. The Morgan fingerprint density at radius 3 is 2.21 bits per heavy atom. The summed E-state index contributed by atoms with van der Waals surface area (Å²) in [6, 6.07) is 25.7. The van der Waals surface area contributed by atoms with Crippen LogP contribution in [0.25, 0.3) is 22.0 Å². The predicted molar refractivity (Wildman–Crippen MR) is 149 cm³/mol. The molecule has 3 aromatic carbocycles. The smallest absolute Gasteiger partial charge is 0.198 e. The van der Waals surface area contributed by atoms with E-state index in [1.165, 1.54) is 74.9 Å². The largest absolute Gasteiger partial charge is 0.220 e. The average Bonchev–Trinajstić information content (AvgIpc) is 3.37. The molecule has 1 aromatic heterocycles. The van der Waals surface area contributed by atoms with Gasteiger partial charge in [-0.2, -0.15) is 4.57 Å². The third-order valence-electron chi connectivity index (χ3n) is 8.52. The van der Waals surface area contributed by atoms with Gasteiger partial charge in [0, 0.05) is 13.0 Å². The second-order valence-corrected chi connectivity index (χ2v) is 15.4. The highest BCUT2D eigenvalue weighted by Gasteiger charge is 2.28. The molecule has 1 heterocycles. The molecule has 1 nitrogen and oxygen atoms in total. The molecule has 174 valence electrons. The lowest BCUT2D eigenvalue weighted by Crippen LogP contribution is -2.52. The Balaban J connectivity index is 1.71. The molecule has 0 saturated heterocycles. The van der Waals surface area contributed by atoms with Gasteiger partial charge in [-0.15, -0.1) is 0 Å². The molecule has 1 aliphatic rings. The van der Waals surface area contributed by atoms with Crippen molar-refractivity contribution < 1.29 is 4.57 Å². The number of aryl methyl sites for hydroxylation is 2. The fourth-order valence-corrected chi connectivity index (χ4v) is 8.32. The quantitative estimate of drug-likeness (QED) is 0.233. The van der Waals surface area contributed by atoms with Gasteiger partial charge in [0.2, 0.25) is 5.69 Å². The maximum absolute atomic E-state index is 2.52. The van der Waals surface area contributed by atoms with Gasteiger partial charge in [-0.3, -0.25) is 0 Å².